The standard InChI is InChI=1S/C14H20FNS/c1-11(16-13-6-4-8-17-10-13)9-12-5-2-3-7-14(12)15/h2-3,5,7,11,13,16H,4,6,8-10H2,1H3. The van der Waals surface area contributed by atoms with E-state index >= 15 is 0 Å². The summed E-state index contributed by atoms with van der Waals surface area (Å²) < 4.78 is 13.5. The summed E-state index contributed by atoms with van der Waals surface area (Å²) in [5, 5.41) is 3.61. The molecular formula is C14H20FNS. The van der Waals surface area contributed by atoms with Gasteiger partial charge in [0, 0.05) is 17.8 Å². The molecule has 1 nitrogen and oxygen atoms in total. The zero-order valence-electron chi connectivity index (χ0n) is 10.3. The smallest absolute Gasteiger partial charge is 0.126 e. The third-order valence-corrected chi connectivity index (χ3v) is 4.38. The lowest BCUT2D eigenvalue weighted by Gasteiger charge is -2.26. The Bertz CT molecular complexity index is 350. The largest absolute Gasteiger partial charge is 0.310 e. The predicted molar refractivity (Wildman–Crippen MR) is 73.0 cm³/mol. The fourth-order valence-electron chi connectivity index (χ4n) is 2.33. The lowest BCUT2D eigenvalue weighted by molar-refractivity contribution is 0.436. The summed E-state index contributed by atoms with van der Waals surface area (Å²) in [5.41, 5.74) is 0.816. The predicted octanol–water partition coefficient (Wildman–Crippen LogP) is 3.24. The number of hydrogen-bond donors (Lipinski definition) is 1. The van der Waals surface area contributed by atoms with Crippen LogP contribution in [-0.4, -0.2) is 23.6 Å². The molecule has 1 aliphatic heterocycles. The Labute approximate surface area is 107 Å². The Kier molecular flexibility index (Phi) is 4.86. The van der Waals surface area contributed by atoms with Gasteiger partial charge >= 0.3 is 0 Å². The molecule has 1 aromatic carbocycles. The van der Waals surface area contributed by atoms with Gasteiger partial charge in [-0.2, -0.15) is 11.8 Å². The molecule has 1 N–H and O–H groups in total. The second kappa shape index (κ2) is 6.41. The first kappa shape index (κ1) is 12.9. The van der Waals surface area contributed by atoms with E-state index < -0.39 is 0 Å². The van der Waals surface area contributed by atoms with E-state index in [1.165, 1.54) is 24.3 Å². The molecular weight excluding hydrogens is 233 g/mol. The van der Waals surface area contributed by atoms with E-state index in [2.05, 4.69) is 12.2 Å². The molecule has 3 heteroatoms. The number of benzene rings is 1. The van der Waals surface area contributed by atoms with Gasteiger partial charge in [0.2, 0.25) is 0 Å². The fraction of sp³-hybridized carbons (Fsp3) is 0.571. The third-order valence-electron chi connectivity index (χ3n) is 3.16. The summed E-state index contributed by atoms with van der Waals surface area (Å²) >= 11 is 2.02. The number of nitrogens with one attached hydrogen (secondary N) is 1. The average molecular weight is 253 g/mol. The van der Waals surface area contributed by atoms with Crippen LogP contribution in [-0.2, 0) is 6.42 Å². The molecule has 2 rings (SSSR count). The van der Waals surface area contributed by atoms with Crippen molar-refractivity contribution in [1.82, 2.24) is 5.32 Å². The van der Waals surface area contributed by atoms with Gasteiger partial charge in [-0.15, -0.1) is 0 Å². The third kappa shape index (κ3) is 4.00. The lowest BCUT2D eigenvalue weighted by Crippen LogP contribution is -2.40. The van der Waals surface area contributed by atoms with Crippen molar-refractivity contribution in [2.24, 2.45) is 0 Å². The molecule has 0 radical (unpaired) electrons. The molecule has 94 valence electrons. The summed E-state index contributed by atoms with van der Waals surface area (Å²) in [4.78, 5) is 0. The Morgan fingerprint density at radius 2 is 2.29 bits per heavy atom. The highest BCUT2D eigenvalue weighted by molar-refractivity contribution is 7.99. The minimum atomic E-state index is -0.0841. The van der Waals surface area contributed by atoms with E-state index in [-0.39, 0.29) is 5.82 Å². The van der Waals surface area contributed by atoms with Crippen LogP contribution in [0, 0.1) is 5.82 Å². The minimum absolute atomic E-state index is 0.0841. The van der Waals surface area contributed by atoms with Crippen LogP contribution < -0.4 is 5.32 Å². The molecule has 17 heavy (non-hydrogen) atoms. The first-order chi connectivity index (χ1) is 8.25. The van der Waals surface area contributed by atoms with Crippen molar-refractivity contribution in [2.45, 2.75) is 38.3 Å². The van der Waals surface area contributed by atoms with Crippen molar-refractivity contribution in [3.05, 3.63) is 35.6 Å². The van der Waals surface area contributed by atoms with Gasteiger partial charge in [-0.05, 0) is 43.6 Å². The maximum atomic E-state index is 13.5. The van der Waals surface area contributed by atoms with Crippen LogP contribution in [0.4, 0.5) is 4.39 Å². The van der Waals surface area contributed by atoms with E-state index in [9.17, 15) is 4.39 Å². The van der Waals surface area contributed by atoms with Crippen molar-refractivity contribution in [3.63, 3.8) is 0 Å². The van der Waals surface area contributed by atoms with Crippen LogP contribution in [0.15, 0.2) is 24.3 Å². The van der Waals surface area contributed by atoms with E-state index in [0.29, 0.717) is 12.1 Å². The molecule has 1 aromatic rings. The van der Waals surface area contributed by atoms with Crippen LogP contribution in [0.1, 0.15) is 25.3 Å². The summed E-state index contributed by atoms with van der Waals surface area (Å²) in [5.74, 6) is 2.40. The van der Waals surface area contributed by atoms with E-state index in [4.69, 9.17) is 0 Å². The molecule has 1 heterocycles. The molecule has 0 spiro atoms. The molecule has 0 aliphatic carbocycles. The summed E-state index contributed by atoms with van der Waals surface area (Å²) in [7, 11) is 0. The van der Waals surface area contributed by atoms with Crippen molar-refractivity contribution in [2.75, 3.05) is 11.5 Å². The van der Waals surface area contributed by atoms with Gasteiger partial charge in [0.15, 0.2) is 0 Å². The van der Waals surface area contributed by atoms with Crippen LogP contribution in [0.2, 0.25) is 0 Å². The Morgan fingerprint density at radius 3 is 3.00 bits per heavy atom. The highest BCUT2D eigenvalue weighted by Gasteiger charge is 2.16. The molecule has 1 aliphatic rings. The number of rotatable bonds is 4. The number of thioether (sulfide) groups is 1. The minimum Gasteiger partial charge on any atom is -0.310 e. The Balaban J connectivity index is 1.84. The van der Waals surface area contributed by atoms with Gasteiger partial charge in [0.05, 0.1) is 0 Å². The van der Waals surface area contributed by atoms with Crippen LogP contribution in [0.5, 0.6) is 0 Å². The molecule has 2 atom stereocenters. The van der Waals surface area contributed by atoms with Gasteiger partial charge in [-0.3, -0.25) is 0 Å². The highest BCUT2D eigenvalue weighted by Crippen LogP contribution is 2.18. The van der Waals surface area contributed by atoms with Gasteiger partial charge in [-0.25, -0.2) is 4.39 Å². The molecule has 0 amide bonds. The quantitative estimate of drug-likeness (QED) is 0.884. The molecule has 0 aromatic heterocycles. The van der Waals surface area contributed by atoms with E-state index in [1.54, 1.807) is 12.1 Å². The van der Waals surface area contributed by atoms with Gasteiger partial charge < -0.3 is 5.32 Å². The normalized spacial score (nSPS) is 22.4. The molecule has 1 fully saturated rings. The van der Waals surface area contributed by atoms with Gasteiger partial charge in [0.1, 0.15) is 5.82 Å². The van der Waals surface area contributed by atoms with Crippen LogP contribution in [0.25, 0.3) is 0 Å². The molecule has 0 saturated carbocycles. The zero-order valence-corrected chi connectivity index (χ0v) is 11.1. The highest BCUT2D eigenvalue weighted by atomic mass is 32.2. The first-order valence-corrected chi connectivity index (χ1v) is 7.48. The fourth-order valence-corrected chi connectivity index (χ4v) is 3.41. The zero-order chi connectivity index (χ0) is 12.1. The van der Waals surface area contributed by atoms with Gasteiger partial charge in [-0.1, -0.05) is 18.2 Å². The Morgan fingerprint density at radius 1 is 1.47 bits per heavy atom. The van der Waals surface area contributed by atoms with Gasteiger partial charge in [0.25, 0.3) is 0 Å². The average Bonchev–Trinajstić information content (AvgIpc) is 2.33. The van der Waals surface area contributed by atoms with Crippen molar-refractivity contribution in [3.8, 4) is 0 Å². The monoisotopic (exact) mass is 253 g/mol. The van der Waals surface area contributed by atoms with E-state index in [0.717, 1.165) is 12.0 Å². The Hall–Kier alpha value is -0.540. The summed E-state index contributed by atoms with van der Waals surface area (Å²) in [6.45, 7) is 2.14. The van der Waals surface area contributed by atoms with Crippen molar-refractivity contribution < 1.29 is 4.39 Å². The summed E-state index contributed by atoms with van der Waals surface area (Å²) in [6, 6.07) is 8.02. The SMILES string of the molecule is CC(Cc1ccccc1F)NC1CCCSC1. The second-order valence-corrected chi connectivity index (χ2v) is 5.93. The van der Waals surface area contributed by atoms with E-state index in [1.807, 2.05) is 23.9 Å². The number of hydrogen-bond acceptors (Lipinski definition) is 2. The van der Waals surface area contributed by atoms with Crippen molar-refractivity contribution >= 4 is 11.8 Å². The summed E-state index contributed by atoms with van der Waals surface area (Å²) in [6.07, 6.45) is 3.33. The molecule has 1 saturated heterocycles. The lowest BCUT2D eigenvalue weighted by atomic mass is 10.0. The molecule has 2 unspecified atom stereocenters. The topological polar surface area (TPSA) is 12.0 Å². The number of halogens is 1. The van der Waals surface area contributed by atoms with Crippen molar-refractivity contribution in [1.29, 1.82) is 0 Å². The maximum Gasteiger partial charge on any atom is 0.126 e. The second-order valence-electron chi connectivity index (χ2n) is 4.78. The van der Waals surface area contributed by atoms with Crippen LogP contribution >= 0.6 is 11.8 Å². The first-order valence-electron chi connectivity index (χ1n) is 6.33. The maximum absolute atomic E-state index is 13.5. The molecule has 0 bridgehead atoms. The van der Waals surface area contributed by atoms with Crippen LogP contribution in [0.3, 0.4) is 0 Å².